The number of unbranched alkanes of at least 4 members (excludes halogenated alkanes) is 1. The number of amides is 1. The maximum absolute atomic E-state index is 13.8. The molecule has 3 heterocycles. The fourth-order valence-corrected chi connectivity index (χ4v) is 7.38. The van der Waals surface area contributed by atoms with Crippen LogP contribution < -0.4 is 19.1 Å². The van der Waals surface area contributed by atoms with Crippen LogP contribution in [-0.4, -0.2) is 46.3 Å². The molecule has 2 atom stereocenters. The topological polar surface area (TPSA) is 111 Å². The normalized spacial score (nSPS) is 18.5. The maximum Gasteiger partial charge on any atom is 0.301 e. The van der Waals surface area contributed by atoms with Crippen LogP contribution in [0.1, 0.15) is 61.9 Å². The molecular formula is C35H35N3O6S2. The largest absolute Gasteiger partial charge is 0.507 e. The van der Waals surface area contributed by atoms with E-state index in [4.69, 9.17) is 14.2 Å². The lowest BCUT2D eigenvalue weighted by Crippen LogP contribution is -2.29. The SMILES string of the molecule is CCCCOc1ccc([C@@H]2/C(=C(\O)c3ccc4c(c3)C[C@@H](C)O4)C(=O)C(=O)N2c2nnc(SCc3ccccc3)s2)cc1OCC. The van der Waals surface area contributed by atoms with E-state index in [1.807, 2.05) is 50.2 Å². The number of carbonyl (C=O) groups excluding carboxylic acids is 2. The quantitative estimate of drug-likeness (QED) is 0.0417. The van der Waals surface area contributed by atoms with E-state index >= 15 is 0 Å². The monoisotopic (exact) mass is 657 g/mol. The van der Waals surface area contributed by atoms with Crippen LogP contribution in [0.15, 0.2) is 76.6 Å². The molecule has 0 spiro atoms. The van der Waals surface area contributed by atoms with Gasteiger partial charge in [-0.15, -0.1) is 10.2 Å². The van der Waals surface area contributed by atoms with Crippen LogP contribution in [-0.2, 0) is 21.8 Å². The molecule has 3 aromatic carbocycles. The molecule has 1 aromatic heterocycles. The number of ketones is 1. The van der Waals surface area contributed by atoms with Crippen molar-refractivity contribution >= 4 is 45.7 Å². The van der Waals surface area contributed by atoms with Gasteiger partial charge in [0.05, 0.1) is 24.8 Å². The molecule has 9 nitrogen and oxygen atoms in total. The molecule has 6 rings (SSSR count). The molecule has 4 aromatic rings. The Balaban J connectivity index is 1.42. The number of rotatable bonds is 12. The molecule has 238 valence electrons. The Hall–Kier alpha value is -4.35. The fourth-order valence-electron chi connectivity index (χ4n) is 5.56. The number of ether oxygens (including phenoxy) is 3. The first-order chi connectivity index (χ1) is 22.4. The molecule has 1 fully saturated rings. The summed E-state index contributed by atoms with van der Waals surface area (Å²) in [4.78, 5) is 28.9. The number of benzene rings is 3. The highest BCUT2D eigenvalue weighted by atomic mass is 32.2. The number of carbonyl (C=O) groups is 2. The number of aromatic nitrogens is 2. The number of aliphatic hydroxyl groups is 1. The average Bonchev–Trinajstić information content (AvgIpc) is 3.75. The van der Waals surface area contributed by atoms with Gasteiger partial charge in [0.15, 0.2) is 15.8 Å². The highest BCUT2D eigenvalue weighted by Gasteiger charge is 2.48. The first kappa shape index (κ1) is 31.6. The Kier molecular flexibility index (Phi) is 9.60. The van der Waals surface area contributed by atoms with E-state index in [0.717, 1.165) is 29.7 Å². The molecule has 0 radical (unpaired) electrons. The number of anilines is 1. The number of Topliss-reactive ketones (excluding diaryl/α,β-unsaturated/α-hetero) is 1. The maximum atomic E-state index is 13.8. The summed E-state index contributed by atoms with van der Waals surface area (Å²) in [5, 5.41) is 20.7. The van der Waals surface area contributed by atoms with Gasteiger partial charge in [-0.3, -0.25) is 14.5 Å². The van der Waals surface area contributed by atoms with Crippen LogP contribution in [0.25, 0.3) is 5.76 Å². The van der Waals surface area contributed by atoms with Gasteiger partial charge in [-0.25, -0.2) is 0 Å². The first-order valence-corrected chi connectivity index (χ1v) is 17.2. The molecule has 1 saturated heterocycles. The van der Waals surface area contributed by atoms with Crippen LogP contribution >= 0.6 is 23.1 Å². The minimum atomic E-state index is -0.979. The van der Waals surface area contributed by atoms with Gasteiger partial charge < -0.3 is 19.3 Å². The molecule has 1 N–H and O–H groups in total. The lowest BCUT2D eigenvalue weighted by atomic mass is 9.94. The lowest BCUT2D eigenvalue weighted by Gasteiger charge is -2.23. The summed E-state index contributed by atoms with van der Waals surface area (Å²) < 4.78 is 18.4. The van der Waals surface area contributed by atoms with Crippen molar-refractivity contribution in [2.45, 2.75) is 62.3 Å². The van der Waals surface area contributed by atoms with Gasteiger partial charge in [-0.1, -0.05) is 72.8 Å². The van der Waals surface area contributed by atoms with Crippen LogP contribution in [0.2, 0.25) is 0 Å². The van der Waals surface area contributed by atoms with Crippen LogP contribution in [0.4, 0.5) is 5.13 Å². The second kappa shape index (κ2) is 14.0. The predicted octanol–water partition coefficient (Wildman–Crippen LogP) is 7.36. The Morgan fingerprint density at radius 1 is 1.04 bits per heavy atom. The molecule has 11 heteroatoms. The van der Waals surface area contributed by atoms with Gasteiger partial charge in [0.1, 0.15) is 17.6 Å². The van der Waals surface area contributed by atoms with Gasteiger partial charge in [-0.05, 0) is 67.3 Å². The number of aliphatic hydroxyl groups excluding tert-OH is 1. The predicted molar refractivity (Wildman–Crippen MR) is 179 cm³/mol. The Morgan fingerprint density at radius 3 is 2.65 bits per heavy atom. The van der Waals surface area contributed by atoms with Crippen molar-refractivity contribution in [1.82, 2.24) is 10.2 Å². The zero-order valence-corrected chi connectivity index (χ0v) is 27.5. The molecule has 0 unspecified atom stereocenters. The standard InChI is InChI=1S/C35H35N3O6S2/c1-4-6-16-43-27-15-12-23(19-28(27)42-5-2)30-29(31(39)24-13-14-26-25(18-24)17-21(3)44-26)32(40)33(41)38(30)34-36-37-35(46-34)45-20-22-10-8-7-9-11-22/h7-15,18-19,21,30,39H,4-6,16-17,20H2,1-3H3/b31-29+/t21-,30-/m1/s1. The van der Waals surface area contributed by atoms with Crippen LogP contribution in [0, 0.1) is 0 Å². The van der Waals surface area contributed by atoms with Gasteiger partial charge in [0.25, 0.3) is 5.78 Å². The molecule has 2 aliphatic heterocycles. The van der Waals surface area contributed by atoms with Crippen molar-refractivity contribution in [3.05, 3.63) is 94.6 Å². The average molecular weight is 658 g/mol. The van der Waals surface area contributed by atoms with E-state index in [2.05, 4.69) is 17.1 Å². The second-order valence-corrected chi connectivity index (χ2v) is 13.3. The molecule has 2 aliphatic rings. The van der Waals surface area contributed by atoms with Gasteiger partial charge >= 0.3 is 5.91 Å². The lowest BCUT2D eigenvalue weighted by molar-refractivity contribution is -0.132. The zero-order valence-electron chi connectivity index (χ0n) is 25.9. The highest BCUT2D eigenvalue weighted by Crippen LogP contribution is 2.46. The van der Waals surface area contributed by atoms with Crippen LogP contribution in [0.5, 0.6) is 17.2 Å². The van der Waals surface area contributed by atoms with E-state index in [0.29, 0.717) is 52.4 Å². The number of nitrogens with zero attached hydrogens (tertiary/aromatic N) is 3. The van der Waals surface area contributed by atoms with Crippen LogP contribution in [0.3, 0.4) is 0 Å². The zero-order chi connectivity index (χ0) is 32.2. The van der Waals surface area contributed by atoms with E-state index in [9.17, 15) is 14.7 Å². The number of hydrogen-bond acceptors (Lipinski definition) is 10. The first-order valence-electron chi connectivity index (χ1n) is 15.4. The summed E-state index contributed by atoms with van der Waals surface area (Å²) >= 11 is 2.73. The van der Waals surface area contributed by atoms with Crippen molar-refractivity contribution in [3.63, 3.8) is 0 Å². The second-order valence-electron chi connectivity index (χ2n) is 11.1. The third kappa shape index (κ3) is 6.47. The highest BCUT2D eigenvalue weighted by molar-refractivity contribution is 8.00. The summed E-state index contributed by atoms with van der Waals surface area (Å²) in [7, 11) is 0. The Bertz CT molecular complexity index is 1770. The van der Waals surface area contributed by atoms with Crippen molar-refractivity contribution in [3.8, 4) is 17.2 Å². The smallest absolute Gasteiger partial charge is 0.301 e. The van der Waals surface area contributed by atoms with Crippen molar-refractivity contribution in [1.29, 1.82) is 0 Å². The van der Waals surface area contributed by atoms with E-state index in [1.165, 1.54) is 28.0 Å². The van der Waals surface area contributed by atoms with E-state index < -0.39 is 17.7 Å². The van der Waals surface area contributed by atoms with Gasteiger partial charge in [-0.2, -0.15) is 0 Å². The van der Waals surface area contributed by atoms with Crippen molar-refractivity contribution in [2.75, 3.05) is 18.1 Å². The number of fused-ring (bicyclic) bond motifs is 1. The molecule has 46 heavy (non-hydrogen) atoms. The fraction of sp³-hybridized carbons (Fsp3) is 0.314. The Labute approximate surface area is 276 Å². The molecule has 0 aliphatic carbocycles. The summed E-state index contributed by atoms with van der Waals surface area (Å²) in [6.45, 7) is 6.87. The third-order valence-corrected chi connectivity index (χ3v) is 9.89. The summed E-state index contributed by atoms with van der Waals surface area (Å²) in [6.07, 6.45) is 2.57. The van der Waals surface area contributed by atoms with Crippen molar-refractivity contribution < 1.29 is 28.9 Å². The van der Waals surface area contributed by atoms with E-state index in [1.54, 1.807) is 30.3 Å². The summed E-state index contributed by atoms with van der Waals surface area (Å²) in [5.74, 6) is 0.619. The molecule has 0 bridgehead atoms. The minimum absolute atomic E-state index is 0.0133. The molecule has 1 amide bonds. The van der Waals surface area contributed by atoms with E-state index in [-0.39, 0.29) is 22.6 Å². The molecule has 0 saturated carbocycles. The number of hydrogen-bond donors (Lipinski definition) is 1. The minimum Gasteiger partial charge on any atom is -0.507 e. The molecular weight excluding hydrogens is 623 g/mol. The number of thioether (sulfide) groups is 1. The van der Waals surface area contributed by atoms with Crippen molar-refractivity contribution in [2.24, 2.45) is 0 Å². The van der Waals surface area contributed by atoms with Gasteiger partial charge in [0, 0.05) is 17.7 Å². The third-order valence-electron chi connectivity index (χ3n) is 7.76. The summed E-state index contributed by atoms with van der Waals surface area (Å²) in [5.41, 5.74) is 3.02. The summed E-state index contributed by atoms with van der Waals surface area (Å²) in [6, 6.07) is 19.7. The Morgan fingerprint density at radius 2 is 1.87 bits per heavy atom. The van der Waals surface area contributed by atoms with Gasteiger partial charge in [0.2, 0.25) is 5.13 Å².